The molecule has 0 saturated carbocycles. The third-order valence-electron chi connectivity index (χ3n) is 5.11. The molecule has 1 heterocycles. The van der Waals surface area contributed by atoms with Gasteiger partial charge in [-0.15, -0.1) is 0 Å². The van der Waals surface area contributed by atoms with Crippen LogP contribution in [0.1, 0.15) is 5.56 Å². The summed E-state index contributed by atoms with van der Waals surface area (Å²) in [5.41, 5.74) is 1.23. The van der Waals surface area contributed by atoms with E-state index in [2.05, 4.69) is 21.2 Å². The number of hydrogen-bond acceptors (Lipinski definition) is 4. The number of rotatable bonds is 5. The Balaban J connectivity index is 1.73. The number of anilines is 2. The van der Waals surface area contributed by atoms with E-state index < -0.39 is 17.0 Å². The number of halogens is 4. The maximum absolute atomic E-state index is 13.6. The first-order chi connectivity index (χ1) is 16.8. The van der Waals surface area contributed by atoms with Gasteiger partial charge in [0.25, 0.3) is 5.91 Å². The van der Waals surface area contributed by atoms with Gasteiger partial charge in [0.15, 0.2) is 0 Å². The van der Waals surface area contributed by atoms with Crippen LogP contribution >= 0.6 is 50.9 Å². The third-order valence-corrected chi connectivity index (χ3v) is 7.50. The Labute approximate surface area is 223 Å². The van der Waals surface area contributed by atoms with Crippen molar-refractivity contribution < 1.29 is 14.0 Å². The van der Waals surface area contributed by atoms with Crippen LogP contribution in [0.15, 0.2) is 81.8 Å². The molecule has 35 heavy (non-hydrogen) atoms. The van der Waals surface area contributed by atoms with Gasteiger partial charge in [-0.3, -0.25) is 14.5 Å². The minimum Gasteiger partial charge on any atom is -0.321 e. The monoisotopic (exact) mass is 589 g/mol. The molecule has 1 aliphatic rings. The fourth-order valence-electron chi connectivity index (χ4n) is 3.44. The van der Waals surface area contributed by atoms with Gasteiger partial charge in [0.05, 0.1) is 5.25 Å². The summed E-state index contributed by atoms with van der Waals surface area (Å²) < 4.78 is 14.4. The van der Waals surface area contributed by atoms with E-state index in [4.69, 9.17) is 23.2 Å². The van der Waals surface area contributed by atoms with Crippen LogP contribution in [0.2, 0.25) is 10.0 Å². The summed E-state index contributed by atoms with van der Waals surface area (Å²) in [6.45, 7) is 0. The molecule has 1 fully saturated rings. The zero-order chi connectivity index (χ0) is 25.1. The third kappa shape index (κ3) is 5.71. The number of hydrogen-bond donors (Lipinski definition) is 1. The van der Waals surface area contributed by atoms with E-state index in [9.17, 15) is 19.2 Å². The van der Waals surface area contributed by atoms with Gasteiger partial charge in [0, 0.05) is 25.9 Å². The molecule has 10 heteroatoms. The molecule has 1 N–H and O–H groups in total. The summed E-state index contributed by atoms with van der Waals surface area (Å²) in [7, 11) is 0. The van der Waals surface area contributed by atoms with Gasteiger partial charge in [-0.25, -0.2) is 4.39 Å². The van der Waals surface area contributed by atoms with Gasteiger partial charge in [0.2, 0.25) is 5.91 Å². The number of benzene rings is 3. The summed E-state index contributed by atoms with van der Waals surface area (Å²) >= 11 is 16.8. The van der Waals surface area contributed by atoms with Crippen molar-refractivity contribution in [3.05, 3.63) is 103 Å². The van der Waals surface area contributed by atoms with Crippen LogP contribution in [0.25, 0.3) is 0 Å². The lowest BCUT2D eigenvalue weighted by molar-refractivity contribution is -0.117. The quantitative estimate of drug-likeness (QED) is 0.257. The number of carbonyl (C=O) groups excluding carboxylic acids is 2. The average Bonchev–Trinajstić information content (AvgIpc) is 3.14. The number of amides is 2. The van der Waals surface area contributed by atoms with Gasteiger partial charge in [0.1, 0.15) is 22.5 Å². The van der Waals surface area contributed by atoms with Crippen LogP contribution in [0.5, 0.6) is 0 Å². The van der Waals surface area contributed by atoms with Gasteiger partial charge in [-0.2, -0.15) is 5.26 Å². The highest BCUT2D eigenvalue weighted by molar-refractivity contribution is 9.10. The first kappa shape index (κ1) is 25.3. The maximum Gasteiger partial charge on any atom is 0.269 e. The number of thioether (sulfide) groups is 1. The molecule has 0 aliphatic carbocycles. The molecule has 1 unspecified atom stereocenters. The van der Waals surface area contributed by atoms with Crippen LogP contribution < -0.4 is 10.2 Å². The van der Waals surface area contributed by atoms with Crippen LogP contribution in [0.4, 0.5) is 15.8 Å². The largest absolute Gasteiger partial charge is 0.321 e. The van der Waals surface area contributed by atoms with Crippen LogP contribution in [0, 0.1) is 17.1 Å². The van der Waals surface area contributed by atoms with Crippen molar-refractivity contribution in [2.45, 2.75) is 11.7 Å². The van der Waals surface area contributed by atoms with Crippen molar-refractivity contribution in [2.75, 3.05) is 10.2 Å². The zero-order valence-corrected chi connectivity index (χ0v) is 21.7. The summed E-state index contributed by atoms with van der Waals surface area (Å²) in [6, 6.07) is 19.0. The van der Waals surface area contributed by atoms with E-state index in [1.54, 1.807) is 42.5 Å². The van der Waals surface area contributed by atoms with Gasteiger partial charge in [-0.05, 0) is 78.7 Å². The number of carbonyl (C=O) groups is 2. The van der Waals surface area contributed by atoms with E-state index in [1.165, 1.54) is 29.2 Å². The molecule has 0 bridgehead atoms. The molecular weight excluding hydrogens is 576 g/mol. The smallest absolute Gasteiger partial charge is 0.269 e. The molecule has 5 nitrogen and oxygen atoms in total. The van der Waals surface area contributed by atoms with Crippen molar-refractivity contribution in [2.24, 2.45) is 0 Å². The Morgan fingerprint density at radius 1 is 1.11 bits per heavy atom. The molecule has 176 valence electrons. The van der Waals surface area contributed by atoms with Crippen LogP contribution in [-0.2, 0) is 16.0 Å². The summed E-state index contributed by atoms with van der Waals surface area (Å²) in [5, 5.41) is 13.0. The molecule has 2 amide bonds. The molecule has 0 spiro atoms. The second-order valence-electron chi connectivity index (χ2n) is 7.45. The van der Waals surface area contributed by atoms with E-state index in [0.29, 0.717) is 27.0 Å². The average molecular weight is 591 g/mol. The van der Waals surface area contributed by atoms with Gasteiger partial charge >= 0.3 is 0 Å². The lowest BCUT2D eigenvalue weighted by Crippen LogP contribution is -2.31. The molecule has 1 saturated heterocycles. The van der Waals surface area contributed by atoms with E-state index in [-0.39, 0.29) is 22.9 Å². The Kier molecular flexibility index (Phi) is 7.82. The van der Waals surface area contributed by atoms with E-state index in [1.807, 2.05) is 6.07 Å². The van der Waals surface area contributed by atoms with Crippen molar-refractivity contribution in [3.8, 4) is 6.07 Å². The van der Waals surface area contributed by atoms with Crippen molar-refractivity contribution in [1.29, 1.82) is 5.26 Å². The Bertz CT molecular complexity index is 1370. The first-order valence-electron chi connectivity index (χ1n) is 10.2. The molecular formula is C25H15BrCl2FN3O2S. The normalized spacial score (nSPS) is 16.7. The standard InChI is InChI=1S/C25H15BrCl2FN3O2S/c26-15-1-6-18(7-2-15)31-23(33)20(13-30)25-32(19-8-4-17(29)5-9-19)24(34)22(35-25)12-14-11-16(27)3-10-21(14)28/h1-11,22H,12H2,(H,31,33). The van der Waals surface area contributed by atoms with Crippen molar-refractivity contribution in [1.82, 2.24) is 0 Å². The summed E-state index contributed by atoms with van der Waals surface area (Å²) in [5.74, 6) is -1.51. The van der Waals surface area contributed by atoms with Gasteiger partial charge in [-0.1, -0.05) is 50.9 Å². The van der Waals surface area contributed by atoms with E-state index in [0.717, 1.165) is 16.2 Å². The lowest BCUT2D eigenvalue weighted by atomic mass is 10.1. The Morgan fingerprint density at radius 3 is 2.46 bits per heavy atom. The zero-order valence-electron chi connectivity index (χ0n) is 17.8. The van der Waals surface area contributed by atoms with Crippen LogP contribution in [0.3, 0.4) is 0 Å². The number of nitrogens with one attached hydrogen (secondary N) is 1. The highest BCUT2D eigenvalue weighted by atomic mass is 79.9. The SMILES string of the molecule is N#CC(C(=O)Nc1ccc(Br)cc1)=C1SC(Cc2cc(Cl)ccc2Cl)C(=O)N1c1ccc(F)cc1. The highest BCUT2D eigenvalue weighted by Gasteiger charge is 2.41. The fourth-order valence-corrected chi connectivity index (χ4v) is 5.39. The number of nitriles is 1. The molecule has 3 aromatic rings. The minimum atomic E-state index is -0.685. The Hall–Kier alpha value is -2.83. The fraction of sp³-hybridized carbons (Fsp3) is 0.0800. The van der Waals surface area contributed by atoms with E-state index >= 15 is 0 Å². The molecule has 0 radical (unpaired) electrons. The van der Waals surface area contributed by atoms with Gasteiger partial charge < -0.3 is 5.32 Å². The molecule has 4 rings (SSSR count). The predicted octanol–water partition coefficient (Wildman–Crippen LogP) is 6.96. The highest BCUT2D eigenvalue weighted by Crippen LogP contribution is 2.42. The van der Waals surface area contributed by atoms with Crippen molar-refractivity contribution >= 4 is 74.1 Å². The topological polar surface area (TPSA) is 73.2 Å². The second-order valence-corrected chi connectivity index (χ2v) is 10.4. The van der Waals surface area contributed by atoms with Crippen molar-refractivity contribution in [3.63, 3.8) is 0 Å². The lowest BCUT2D eigenvalue weighted by Gasteiger charge is -2.18. The summed E-state index contributed by atoms with van der Waals surface area (Å²) in [6.07, 6.45) is 0.219. The number of nitrogens with zero attached hydrogens (tertiary/aromatic N) is 2. The summed E-state index contributed by atoms with van der Waals surface area (Å²) in [4.78, 5) is 27.8. The molecule has 1 atom stereocenters. The Morgan fingerprint density at radius 2 is 1.80 bits per heavy atom. The molecule has 0 aromatic heterocycles. The maximum atomic E-state index is 13.6. The van der Waals surface area contributed by atoms with Crippen LogP contribution in [-0.4, -0.2) is 17.1 Å². The first-order valence-corrected chi connectivity index (χ1v) is 12.6. The molecule has 3 aromatic carbocycles. The predicted molar refractivity (Wildman–Crippen MR) is 141 cm³/mol. The molecule has 1 aliphatic heterocycles. The second kappa shape index (κ2) is 10.8. The minimum absolute atomic E-state index is 0.155.